The van der Waals surface area contributed by atoms with Crippen LogP contribution in [0.2, 0.25) is 0 Å². The minimum Gasteiger partial charge on any atom is -0.493 e. The molecule has 25 heavy (non-hydrogen) atoms. The highest BCUT2D eigenvalue weighted by atomic mass is 16.5. The number of hydrogen-bond donors (Lipinski definition) is 1. The highest BCUT2D eigenvalue weighted by Crippen LogP contribution is 2.26. The monoisotopic (exact) mass is 339 g/mol. The van der Waals surface area contributed by atoms with Crippen LogP contribution in [-0.2, 0) is 4.79 Å². The van der Waals surface area contributed by atoms with Gasteiger partial charge in [-0.3, -0.25) is 14.6 Å². The molecule has 0 spiro atoms. The Morgan fingerprint density at radius 3 is 2.60 bits per heavy atom. The van der Waals surface area contributed by atoms with Crippen LogP contribution in [0.25, 0.3) is 0 Å². The summed E-state index contributed by atoms with van der Waals surface area (Å²) >= 11 is 0. The number of carbonyl (C=O) groups is 2. The molecule has 1 aromatic carbocycles. The van der Waals surface area contributed by atoms with E-state index < -0.39 is 11.8 Å². The Morgan fingerprint density at radius 2 is 1.96 bits per heavy atom. The van der Waals surface area contributed by atoms with Gasteiger partial charge in [-0.05, 0) is 31.2 Å². The van der Waals surface area contributed by atoms with Crippen LogP contribution in [0.15, 0.2) is 48.7 Å². The van der Waals surface area contributed by atoms with Crippen molar-refractivity contribution >= 4 is 11.8 Å². The highest BCUT2D eigenvalue weighted by Gasteiger charge is 2.39. The molecule has 6 nitrogen and oxygen atoms in total. The summed E-state index contributed by atoms with van der Waals surface area (Å²) in [6.07, 6.45) is 1.56. The number of likely N-dealkylation sites (tertiary alicyclic amines) is 1. The fourth-order valence-corrected chi connectivity index (χ4v) is 3.03. The van der Waals surface area contributed by atoms with Gasteiger partial charge in [-0.25, -0.2) is 0 Å². The Kier molecular flexibility index (Phi) is 4.97. The third kappa shape index (κ3) is 3.96. The summed E-state index contributed by atoms with van der Waals surface area (Å²) in [5.74, 6) is -0.343. The van der Waals surface area contributed by atoms with Crippen LogP contribution in [0, 0.1) is 18.8 Å². The molecule has 2 heterocycles. The van der Waals surface area contributed by atoms with Crippen molar-refractivity contribution in [2.45, 2.75) is 6.92 Å². The number of aryl methyl sites for hydroxylation is 1. The molecule has 2 N–H and O–H groups in total. The van der Waals surface area contributed by atoms with E-state index >= 15 is 0 Å². The number of aromatic nitrogens is 1. The van der Waals surface area contributed by atoms with E-state index in [0.717, 1.165) is 11.4 Å². The van der Waals surface area contributed by atoms with Crippen LogP contribution in [0.5, 0.6) is 5.75 Å². The summed E-state index contributed by atoms with van der Waals surface area (Å²) in [5.41, 5.74) is 6.89. The van der Waals surface area contributed by atoms with Gasteiger partial charge in [-0.1, -0.05) is 18.2 Å². The van der Waals surface area contributed by atoms with E-state index in [0.29, 0.717) is 25.3 Å². The van der Waals surface area contributed by atoms with Gasteiger partial charge >= 0.3 is 0 Å². The predicted molar refractivity (Wildman–Crippen MR) is 93.0 cm³/mol. The van der Waals surface area contributed by atoms with Crippen molar-refractivity contribution in [3.05, 3.63) is 59.9 Å². The molecule has 130 valence electrons. The first-order valence-corrected chi connectivity index (χ1v) is 8.23. The largest absolute Gasteiger partial charge is 0.493 e. The Balaban J connectivity index is 1.68. The van der Waals surface area contributed by atoms with E-state index in [1.54, 1.807) is 23.2 Å². The first-order chi connectivity index (χ1) is 12.0. The van der Waals surface area contributed by atoms with E-state index in [-0.39, 0.29) is 11.8 Å². The van der Waals surface area contributed by atoms with Gasteiger partial charge in [0.2, 0.25) is 5.91 Å². The number of carbonyl (C=O) groups excluding carboxylic acids is 2. The fourth-order valence-electron chi connectivity index (χ4n) is 3.03. The zero-order valence-corrected chi connectivity index (χ0v) is 14.1. The minimum atomic E-state index is -0.411. The van der Waals surface area contributed by atoms with Crippen LogP contribution in [0.3, 0.4) is 0 Å². The first kappa shape index (κ1) is 17.0. The first-order valence-electron chi connectivity index (χ1n) is 8.23. The standard InChI is InChI=1S/C19H21N3O3/c1-13-7-8-14(9-21-13)19(24)22-10-15(17(11-22)18(20)23)12-25-16-5-3-2-4-6-16/h2-9,15,17H,10-12H2,1H3,(H2,20,23)/t15-,17+/m0/s1. The Morgan fingerprint density at radius 1 is 1.20 bits per heavy atom. The number of benzene rings is 1. The lowest BCUT2D eigenvalue weighted by atomic mass is 9.96. The zero-order valence-electron chi connectivity index (χ0n) is 14.1. The topological polar surface area (TPSA) is 85.5 Å². The number of amides is 2. The average molecular weight is 339 g/mol. The maximum atomic E-state index is 12.6. The van der Waals surface area contributed by atoms with Crippen molar-refractivity contribution < 1.29 is 14.3 Å². The Bertz CT molecular complexity index is 746. The van der Waals surface area contributed by atoms with E-state index in [9.17, 15) is 9.59 Å². The quantitative estimate of drug-likeness (QED) is 0.897. The molecule has 0 bridgehead atoms. The molecule has 3 rings (SSSR count). The summed E-state index contributed by atoms with van der Waals surface area (Å²) < 4.78 is 5.76. The number of nitrogens with zero attached hydrogens (tertiary/aromatic N) is 2. The molecule has 0 unspecified atom stereocenters. The molecule has 1 aromatic heterocycles. The van der Waals surface area contributed by atoms with Gasteiger partial charge in [0, 0.05) is 30.9 Å². The minimum absolute atomic E-state index is 0.125. The lowest BCUT2D eigenvalue weighted by Gasteiger charge is -2.17. The number of primary amides is 1. The second kappa shape index (κ2) is 7.34. The lowest BCUT2D eigenvalue weighted by Crippen LogP contribution is -2.32. The van der Waals surface area contributed by atoms with Gasteiger partial charge in [0.05, 0.1) is 18.1 Å². The van der Waals surface area contributed by atoms with Crippen LogP contribution in [0.4, 0.5) is 0 Å². The number of hydrogen-bond acceptors (Lipinski definition) is 4. The SMILES string of the molecule is Cc1ccc(C(=O)N2C[C@@H](COc3ccccc3)[C@H](C(N)=O)C2)cn1. The van der Waals surface area contributed by atoms with E-state index in [4.69, 9.17) is 10.5 Å². The molecular weight excluding hydrogens is 318 g/mol. The molecule has 1 aliphatic rings. The van der Waals surface area contributed by atoms with Gasteiger partial charge in [0.1, 0.15) is 5.75 Å². The van der Waals surface area contributed by atoms with Crippen LogP contribution >= 0.6 is 0 Å². The molecular formula is C19H21N3O3. The predicted octanol–water partition coefficient (Wildman–Crippen LogP) is 1.64. The molecule has 0 saturated carbocycles. The summed E-state index contributed by atoms with van der Waals surface area (Å²) in [6.45, 7) is 2.95. The van der Waals surface area contributed by atoms with Crippen LogP contribution in [0.1, 0.15) is 16.1 Å². The van der Waals surface area contributed by atoms with Crippen LogP contribution < -0.4 is 10.5 Å². The molecule has 6 heteroatoms. The van der Waals surface area contributed by atoms with Gasteiger partial charge < -0.3 is 15.4 Å². The smallest absolute Gasteiger partial charge is 0.255 e. The maximum Gasteiger partial charge on any atom is 0.255 e. The van der Waals surface area contributed by atoms with Gasteiger partial charge in [0.25, 0.3) is 5.91 Å². The van der Waals surface area contributed by atoms with Crippen molar-refractivity contribution in [3.8, 4) is 5.75 Å². The molecule has 1 fully saturated rings. The Labute approximate surface area is 146 Å². The van der Waals surface area contributed by atoms with Crippen LogP contribution in [-0.4, -0.2) is 41.4 Å². The van der Waals surface area contributed by atoms with Crippen molar-refractivity contribution in [2.24, 2.45) is 17.6 Å². The third-order valence-corrected chi connectivity index (χ3v) is 4.46. The second-order valence-corrected chi connectivity index (χ2v) is 6.29. The van der Waals surface area contributed by atoms with E-state index in [1.165, 1.54) is 0 Å². The number of rotatable bonds is 5. The van der Waals surface area contributed by atoms with Crippen molar-refractivity contribution in [1.29, 1.82) is 0 Å². The van der Waals surface area contributed by atoms with Crippen molar-refractivity contribution in [1.82, 2.24) is 9.88 Å². The molecule has 2 atom stereocenters. The molecule has 2 aromatic rings. The summed E-state index contributed by atoms with van der Waals surface area (Å²) in [5, 5.41) is 0. The number of nitrogens with two attached hydrogens (primary N) is 1. The molecule has 0 radical (unpaired) electrons. The van der Waals surface area contributed by atoms with Crippen molar-refractivity contribution in [2.75, 3.05) is 19.7 Å². The number of ether oxygens (including phenoxy) is 1. The molecule has 1 aliphatic heterocycles. The second-order valence-electron chi connectivity index (χ2n) is 6.29. The van der Waals surface area contributed by atoms with E-state index in [1.807, 2.05) is 37.3 Å². The third-order valence-electron chi connectivity index (χ3n) is 4.46. The molecule has 2 amide bonds. The van der Waals surface area contributed by atoms with Gasteiger partial charge in [-0.15, -0.1) is 0 Å². The summed E-state index contributed by atoms with van der Waals surface area (Å²) in [7, 11) is 0. The maximum absolute atomic E-state index is 12.6. The Hall–Kier alpha value is -2.89. The van der Waals surface area contributed by atoms with Gasteiger partial charge in [-0.2, -0.15) is 0 Å². The normalized spacial score (nSPS) is 19.6. The number of para-hydroxylation sites is 1. The van der Waals surface area contributed by atoms with E-state index in [2.05, 4.69) is 4.98 Å². The lowest BCUT2D eigenvalue weighted by molar-refractivity contribution is -0.122. The highest BCUT2D eigenvalue weighted by molar-refractivity contribution is 5.94. The zero-order chi connectivity index (χ0) is 17.8. The average Bonchev–Trinajstić information content (AvgIpc) is 3.05. The van der Waals surface area contributed by atoms with Gasteiger partial charge in [0.15, 0.2) is 0 Å². The fraction of sp³-hybridized carbons (Fsp3) is 0.316. The molecule has 1 saturated heterocycles. The molecule has 0 aliphatic carbocycles. The summed E-state index contributed by atoms with van der Waals surface area (Å²) in [4.78, 5) is 30.2. The summed E-state index contributed by atoms with van der Waals surface area (Å²) in [6, 6.07) is 12.9. The number of pyridine rings is 1. The van der Waals surface area contributed by atoms with Crippen molar-refractivity contribution in [3.63, 3.8) is 0 Å².